The van der Waals surface area contributed by atoms with Crippen molar-refractivity contribution in [3.63, 3.8) is 0 Å². The van der Waals surface area contributed by atoms with Gasteiger partial charge in [0.2, 0.25) is 5.91 Å². The third kappa shape index (κ3) is 2.28. The monoisotopic (exact) mass is 212 g/mol. The minimum absolute atomic E-state index is 0.121. The van der Waals surface area contributed by atoms with Crippen LogP contribution in [0.2, 0.25) is 0 Å². The van der Waals surface area contributed by atoms with Gasteiger partial charge in [-0.05, 0) is 12.8 Å². The Morgan fingerprint density at radius 1 is 1.53 bits per heavy atom. The second kappa shape index (κ2) is 4.18. The van der Waals surface area contributed by atoms with Gasteiger partial charge in [0.05, 0.1) is 12.0 Å². The minimum Gasteiger partial charge on any atom is -0.376 e. The number of hydrogen-bond donors (Lipinski definition) is 1. The van der Waals surface area contributed by atoms with E-state index in [2.05, 4.69) is 5.32 Å². The van der Waals surface area contributed by atoms with Crippen LogP contribution in [-0.4, -0.2) is 42.6 Å². The number of carbonyl (C=O) groups is 2. The van der Waals surface area contributed by atoms with Crippen LogP contribution >= 0.6 is 0 Å². The van der Waals surface area contributed by atoms with E-state index in [1.807, 2.05) is 6.92 Å². The van der Waals surface area contributed by atoms with E-state index in [0.717, 1.165) is 19.4 Å². The number of urea groups is 1. The van der Waals surface area contributed by atoms with Gasteiger partial charge in [-0.3, -0.25) is 10.1 Å². The molecule has 5 heteroatoms. The number of hydrogen-bond acceptors (Lipinski definition) is 3. The van der Waals surface area contributed by atoms with E-state index >= 15 is 0 Å². The standard InChI is InChI=1S/C10H16N2O3/c1-7-5-12(10(14)11-9(7)13)6-8-3-2-4-15-8/h7-8H,2-6H2,1H3,(H,11,13,14). The molecule has 0 radical (unpaired) electrons. The lowest BCUT2D eigenvalue weighted by atomic mass is 10.1. The van der Waals surface area contributed by atoms with Crippen LogP contribution in [0.25, 0.3) is 0 Å². The minimum atomic E-state index is -0.284. The Hall–Kier alpha value is -1.10. The molecule has 0 aliphatic carbocycles. The first-order valence-corrected chi connectivity index (χ1v) is 5.38. The fraction of sp³-hybridized carbons (Fsp3) is 0.800. The molecule has 0 aromatic rings. The molecule has 2 saturated heterocycles. The van der Waals surface area contributed by atoms with Crippen LogP contribution in [0.1, 0.15) is 19.8 Å². The van der Waals surface area contributed by atoms with Gasteiger partial charge < -0.3 is 9.64 Å². The van der Waals surface area contributed by atoms with Crippen molar-refractivity contribution in [1.29, 1.82) is 0 Å². The number of nitrogens with one attached hydrogen (secondary N) is 1. The average molecular weight is 212 g/mol. The lowest BCUT2D eigenvalue weighted by molar-refractivity contribution is -0.125. The first-order chi connectivity index (χ1) is 7.16. The normalized spacial score (nSPS) is 31.9. The average Bonchev–Trinajstić information content (AvgIpc) is 2.67. The summed E-state index contributed by atoms with van der Waals surface area (Å²) in [4.78, 5) is 24.3. The smallest absolute Gasteiger partial charge is 0.324 e. The van der Waals surface area contributed by atoms with Gasteiger partial charge >= 0.3 is 6.03 Å². The van der Waals surface area contributed by atoms with Gasteiger partial charge in [-0.1, -0.05) is 6.92 Å². The molecule has 0 spiro atoms. The van der Waals surface area contributed by atoms with Crippen molar-refractivity contribution in [2.75, 3.05) is 19.7 Å². The largest absolute Gasteiger partial charge is 0.376 e. The summed E-state index contributed by atoms with van der Waals surface area (Å²) < 4.78 is 5.46. The Bertz CT molecular complexity index is 274. The van der Waals surface area contributed by atoms with E-state index in [0.29, 0.717) is 13.1 Å². The molecule has 2 aliphatic heterocycles. The van der Waals surface area contributed by atoms with Gasteiger partial charge in [-0.25, -0.2) is 4.79 Å². The summed E-state index contributed by atoms with van der Waals surface area (Å²) in [5, 5.41) is 2.35. The van der Waals surface area contributed by atoms with E-state index < -0.39 is 0 Å². The van der Waals surface area contributed by atoms with E-state index in [1.165, 1.54) is 0 Å². The Balaban J connectivity index is 1.90. The van der Waals surface area contributed by atoms with E-state index in [-0.39, 0.29) is 24.0 Å². The van der Waals surface area contributed by atoms with Crippen molar-refractivity contribution in [2.24, 2.45) is 5.92 Å². The van der Waals surface area contributed by atoms with Crippen molar-refractivity contribution in [2.45, 2.75) is 25.9 Å². The van der Waals surface area contributed by atoms with Crippen molar-refractivity contribution in [1.82, 2.24) is 10.2 Å². The van der Waals surface area contributed by atoms with E-state index in [9.17, 15) is 9.59 Å². The number of imide groups is 1. The maximum Gasteiger partial charge on any atom is 0.324 e. The molecule has 0 aromatic heterocycles. The highest BCUT2D eigenvalue weighted by Gasteiger charge is 2.31. The third-order valence-corrected chi connectivity index (χ3v) is 2.91. The van der Waals surface area contributed by atoms with Gasteiger partial charge in [-0.15, -0.1) is 0 Å². The Labute approximate surface area is 88.8 Å². The van der Waals surface area contributed by atoms with Crippen molar-refractivity contribution in [3.05, 3.63) is 0 Å². The molecular weight excluding hydrogens is 196 g/mol. The van der Waals surface area contributed by atoms with Crippen LogP contribution in [-0.2, 0) is 9.53 Å². The molecule has 2 unspecified atom stereocenters. The lowest BCUT2D eigenvalue weighted by Crippen LogP contribution is -2.55. The van der Waals surface area contributed by atoms with Crippen molar-refractivity contribution < 1.29 is 14.3 Å². The number of ether oxygens (including phenoxy) is 1. The molecule has 2 atom stereocenters. The van der Waals surface area contributed by atoms with Crippen LogP contribution < -0.4 is 5.32 Å². The summed E-state index contributed by atoms with van der Waals surface area (Å²) in [6.07, 6.45) is 2.22. The van der Waals surface area contributed by atoms with Crippen molar-refractivity contribution >= 4 is 11.9 Å². The SMILES string of the molecule is CC1CN(CC2CCCO2)C(=O)NC1=O. The van der Waals surface area contributed by atoms with E-state index in [4.69, 9.17) is 4.74 Å². The number of amides is 3. The molecule has 3 amide bonds. The quantitative estimate of drug-likeness (QED) is 0.718. The summed E-state index contributed by atoms with van der Waals surface area (Å²) in [6, 6.07) is -0.284. The predicted octanol–water partition coefficient (Wildman–Crippen LogP) is 0.353. The number of nitrogens with zero attached hydrogens (tertiary/aromatic N) is 1. The molecule has 15 heavy (non-hydrogen) atoms. The molecule has 2 heterocycles. The molecule has 1 N–H and O–H groups in total. The first kappa shape index (κ1) is 10.4. The highest BCUT2D eigenvalue weighted by molar-refractivity contribution is 5.97. The zero-order valence-corrected chi connectivity index (χ0v) is 8.86. The molecule has 0 aromatic carbocycles. The summed E-state index contributed by atoms with van der Waals surface area (Å²) >= 11 is 0. The Morgan fingerprint density at radius 2 is 2.33 bits per heavy atom. The predicted molar refractivity (Wildman–Crippen MR) is 53.2 cm³/mol. The highest BCUT2D eigenvalue weighted by Crippen LogP contribution is 2.15. The second-order valence-electron chi connectivity index (χ2n) is 4.24. The third-order valence-electron chi connectivity index (χ3n) is 2.91. The van der Waals surface area contributed by atoms with Gasteiger partial charge in [0.15, 0.2) is 0 Å². The zero-order valence-electron chi connectivity index (χ0n) is 8.86. The maximum atomic E-state index is 11.5. The Morgan fingerprint density at radius 3 is 3.00 bits per heavy atom. The maximum absolute atomic E-state index is 11.5. The first-order valence-electron chi connectivity index (χ1n) is 5.38. The fourth-order valence-corrected chi connectivity index (χ4v) is 2.00. The van der Waals surface area contributed by atoms with Crippen LogP contribution in [0.5, 0.6) is 0 Å². The molecule has 0 bridgehead atoms. The molecule has 5 nitrogen and oxygen atoms in total. The highest BCUT2D eigenvalue weighted by atomic mass is 16.5. The van der Waals surface area contributed by atoms with Crippen LogP contribution in [0.3, 0.4) is 0 Å². The topological polar surface area (TPSA) is 58.6 Å². The molecule has 2 aliphatic rings. The van der Waals surface area contributed by atoms with Crippen molar-refractivity contribution in [3.8, 4) is 0 Å². The lowest BCUT2D eigenvalue weighted by Gasteiger charge is -2.31. The second-order valence-corrected chi connectivity index (χ2v) is 4.24. The molecule has 0 saturated carbocycles. The van der Waals surface area contributed by atoms with Crippen LogP contribution in [0, 0.1) is 5.92 Å². The van der Waals surface area contributed by atoms with Gasteiger partial charge in [0, 0.05) is 19.7 Å². The molecular formula is C10H16N2O3. The van der Waals surface area contributed by atoms with Gasteiger partial charge in [-0.2, -0.15) is 0 Å². The summed E-state index contributed by atoms with van der Waals surface area (Å²) in [5.74, 6) is -0.298. The Kier molecular flexibility index (Phi) is 2.90. The molecule has 2 rings (SSSR count). The van der Waals surface area contributed by atoms with E-state index in [1.54, 1.807) is 4.90 Å². The summed E-state index contributed by atoms with van der Waals surface area (Å²) in [6.45, 7) is 3.72. The summed E-state index contributed by atoms with van der Waals surface area (Å²) in [5.41, 5.74) is 0. The number of rotatable bonds is 2. The van der Waals surface area contributed by atoms with Crippen LogP contribution in [0.4, 0.5) is 4.79 Å². The molecule has 2 fully saturated rings. The molecule has 84 valence electrons. The number of carbonyl (C=O) groups excluding carboxylic acids is 2. The zero-order chi connectivity index (χ0) is 10.8. The van der Waals surface area contributed by atoms with Crippen LogP contribution in [0.15, 0.2) is 0 Å². The van der Waals surface area contributed by atoms with Gasteiger partial charge in [0.1, 0.15) is 0 Å². The fourth-order valence-electron chi connectivity index (χ4n) is 2.00. The van der Waals surface area contributed by atoms with Gasteiger partial charge in [0.25, 0.3) is 0 Å². The summed E-state index contributed by atoms with van der Waals surface area (Å²) in [7, 11) is 0.